The van der Waals surface area contributed by atoms with Gasteiger partial charge in [-0.25, -0.2) is 4.79 Å². The zero-order chi connectivity index (χ0) is 16.6. The van der Waals surface area contributed by atoms with Crippen molar-refractivity contribution in [2.45, 2.75) is 31.8 Å². The Balaban J connectivity index is 1.70. The lowest BCUT2D eigenvalue weighted by molar-refractivity contribution is -0.152. The van der Waals surface area contributed by atoms with Crippen LogP contribution in [0.15, 0.2) is 30.3 Å². The molecule has 5 heteroatoms. The minimum Gasteiger partial charge on any atom is -0.437 e. The average molecular weight is 316 g/mol. The Morgan fingerprint density at radius 3 is 2.39 bits per heavy atom. The Morgan fingerprint density at radius 2 is 1.87 bits per heavy atom. The third-order valence-corrected chi connectivity index (χ3v) is 4.62. The highest BCUT2D eigenvalue weighted by molar-refractivity contribution is 5.85. The van der Waals surface area contributed by atoms with Crippen LogP contribution in [0.5, 0.6) is 0 Å². The Hall–Kier alpha value is -2.04. The number of likely N-dealkylation sites (tertiary alicyclic amines) is 1. The van der Waals surface area contributed by atoms with Crippen LogP contribution in [0, 0.1) is 5.92 Å². The number of amides is 2. The van der Waals surface area contributed by atoms with Gasteiger partial charge in [-0.1, -0.05) is 44.2 Å². The number of carbonyl (C=O) groups is 2. The number of hydrogen-bond acceptors (Lipinski definition) is 3. The number of likely N-dealkylation sites (N-methyl/N-ethyl adjacent to an activating group) is 1. The van der Waals surface area contributed by atoms with Crippen LogP contribution in [-0.4, -0.2) is 54.1 Å². The van der Waals surface area contributed by atoms with Gasteiger partial charge in [-0.15, -0.1) is 0 Å². The Labute approximate surface area is 137 Å². The van der Waals surface area contributed by atoms with Gasteiger partial charge in [-0.3, -0.25) is 4.79 Å². The lowest BCUT2D eigenvalue weighted by Crippen LogP contribution is -2.66. The van der Waals surface area contributed by atoms with Gasteiger partial charge in [0.15, 0.2) is 5.60 Å². The second-order valence-corrected chi connectivity index (χ2v) is 7.19. The quantitative estimate of drug-likeness (QED) is 0.857. The van der Waals surface area contributed by atoms with E-state index in [1.807, 2.05) is 35.2 Å². The van der Waals surface area contributed by atoms with E-state index in [1.54, 1.807) is 11.9 Å². The van der Waals surface area contributed by atoms with E-state index in [0.717, 1.165) is 12.0 Å². The summed E-state index contributed by atoms with van der Waals surface area (Å²) in [4.78, 5) is 27.9. The van der Waals surface area contributed by atoms with Crippen molar-refractivity contribution in [1.82, 2.24) is 9.80 Å². The third kappa shape index (κ3) is 3.05. The summed E-state index contributed by atoms with van der Waals surface area (Å²) in [5, 5.41) is 0. The Bertz CT molecular complexity index is 594. The van der Waals surface area contributed by atoms with Crippen molar-refractivity contribution in [2.75, 3.05) is 26.7 Å². The summed E-state index contributed by atoms with van der Waals surface area (Å²) in [5.74, 6) is 0.458. The predicted molar refractivity (Wildman–Crippen MR) is 87.1 cm³/mol. The predicted octanol–water partition coefficient (Wildman–Crippen LogP) is 2.48. The maximum absolute atomic E-state index is 12.9. The van der Waals surface area contributed by atoms with Crippen LogP contribution >= 0.6 is 0 Å². The minimum atomic E-state index is -0.486. The van der Waals surface area contributed by atoms with Crippen molar-refractivity contribution in [3.8, 4) is 0 Å². The highest BCUT2D eigenvalue weighted by Gasteiger charge is 2.54. The second-order valence-electron chi connectivity index (χ2n) is 7.19. The highest BCUT2D eigenvalue weighted by atomic mass is 16.6. The molecule has 1 spiro atoms. The smallest absolute Gasteiger partial charge is 0.410 e. The molecule has 1 atom stereocenters. The van der Waals surface area contributed by atoms with E-state index in [1.165, 1.54) is 0 Å². The first-order valence-corrected chi connectivity index (χ1v) is 8.18. The van der Waals surface area contributed by atoms with Crippen LogP contribution in [0.4, 0.5) is 4.79 Å². The van der Waals surface area contributed by atoms with Crippen molar-refractivity contribution < 1.29 is 14.3 Å². The molecule has 2 saturated heterocycles. The van der Waals surface area contributed by atoms with Crippen molar-refractivity contribution in [3.63, 3.8) is 0 Å². The molecule has 2 amide bonds. The second kappa shape index (κ2) is 5.87. The van der Waals surface area contributed by atoms with Crippen molar-refractivity contribution >= 4 is 12.0 Å². The first-order chi connectivity index (χ1) is 10.9. The molecule has 1 aromatic carbocycles. The van der Waals surface area contributed by atoms with Gasteiger partial charge in [0.1, 0.15) is 0 Å². The standard InChI is InChI=1S/C18H24N2O3/c1-13(2)9-15(14-7-5-4-6-8-14)16(21)20-11-18(12-20)10-19(3)17(22)23-18/h4-8,13,15H,9-12H2,1-3H3. The molecule has 0 radical (unpaired) electrons. The molecule has 124 valence electrons. The Morgan fingerprint density at radius 1 is 1.22 bits per heavy atom. The number of ether oxygens (including phenoxy) is 1. The summed E-state index contributed by atoms with van der Waals surface area (Å²) in [7, 11) is 1.73. The molecule has 0 saturated carbocycles. The molecule has 0 aliphatic carbocycles. The maximum atomic E-state index is 12.9. The first-order valence-electron chi connectivity index (χ1n) is 8.18. The van der Waals surface area contributed by atoms with Gasteiger partial charge in [-0.05, 0) is 17.9 Å². The van der Waals surface area contributed by atoms with E-state index in [2.05, 4.69) is 13.8 Å². The van der Waals surface area contributed by atoms with Crippen LogP contribution < -0.4 is 0 Å². The average Bonchev–Trinajstić information content (AvgIpc) is 2.79. The zero-order valence-corrected chi connectivity index (χ0v) is 14.0. The zero-order valence-electron chi connectivity index (χ0n) is 14.0. The molecule has 2 aliphatic heterocycles. The molecule has 1 aromatic rings. The third-order valence-electron chi connectivity index (χ3n) is 4.62. The van der Waals surface area contributed by atoms with Crippen molar-refractivity contribution in [1.29, 1.82) is 0 Å². The summed E-state index contributed by atoms with van der Waals surface area (Å²) in [6.07, 6.45) is 0.533. The molecule has 3 rings (SSSR count). The van der Waals surface area contributed by atoms with Gasteiger partial charge in [0, 0.05) is 7.05 Å². The topological polar surface area (TPSA) is 49.9 Å². The van der Waals surface area contributed by atoms with Crippen LogP contribution in [0.2, 0.25) is 0 Å². The normalized spacial score (nSPS) is 20.6. The molecule has 0 bridgehead atoms. The molecule has 0 aromatic heterocycles. The first kappa shape index (κ1) is 15.8. The van der Waals surface area contributed by atoms with E-state index in [9.17, 15) is 9.59 Å². The fraction of sp³-hybridized carbons (Fsp3) is 0.556. The van der Waals surface area contributed by atoms with Gasteiger partial charge in [0.05, 0.1) is 25.6 Å². The molecule has 1 unspecified atom stereocenters. The summed E-state index contributed by atoms with van der Waals surface area (Å²) in [5.41, 5.74) is 0.577. The monoisotopic (exact) mass is 316 g/mol. The van der Waals surface area contributed by atoms with Crippen LogP contribution in [-0.2, 0) is 9.53 Å². The van der Waals surface area contributed by atoms with Gasteiger partial charge in [0.25, 0.3) is 0 Å². The number of nitrogens with zero attached hydrogens (tertiary/aromatic N) is 2. The van der Waals surface area contributed by atoms with Crippen molar-refractivity contribution in [3.05, 3.63) is 35.9 Å². The van der Waals surface area contributed by atoms with Crippen molar-refractivity contribution in [2.24, 2.45) is 5.92 Å². The summed E-state index contributed by atoms with van der Waals surface area (Å²) in [6, 6.07) is 9.95. The SMILES string of the molecule is CC(C)CC(C(=O)N1CC2(CN(C)C(=O)O2)C1)c1ccccc1. The molecular weight excluding hydrogens is 292 g/mol. The van der Waals surface area contributed by atoms with Crippen LogP contribution in [0.25, 0.3) is 0 Å². The molecule has 2 aliphatic rings. The Kier molecular flexibility index (Phi) is 4.04. The molecule has 2 heterocycles. The van der Waals surface area contributed by atoms with Crippen LogP contribution in [0.3, 0.4) is 0 Å². The van der Waals surface area contributed by atoms with E-state index in [4.69, 9.17) is 4.74 Å². The molecule has 2 fully saturated rings. The number of benzene rings is 1. The summed E-state index contributed by atoms with van der Waals surface area (Å²) in [6.45, 7) is 5.84. The van der Waals surface area contributed by atoms with E-state index in [-0.39, 0.29) is 17.9 Å². The molecule has 23 heavy (non-hydrogen) atoms. The van der Waals surface area contributed by atoms with Gasteiger partial charge in [0.2, 0.25) is 5.91 Å². The van der Waals surface area contributed by atoms with E-state index < -0.39 is 5.60 Å². The molecular formula is C18H24N2O3. The largest absolute Gasteiger partial charge is 0.437 e. The summed E-state index contributed by atoms with van der Waals surface area (Å²) >= 11 is 0. The lowest BCUT2D eigenvalue weighted by atomic mass is 9.86. The van der Waals surface area contributed by atoms with Crippen LogP contribution in [0.1, 0.15) is 31.7 Å². The molecule has 5 nitrogen and oxygen atoms in total. The number of carbonyl (C=O) groups excluding carboxylic acids is 2. The van der Waals surface area contributed by atoms with Gasteiger partial charge < -0.3 is 14.5 Å². The summed E-state index contributed by atoms with van der Waals surface area (Å²) < 4.78 is 5.44. The van der Waals surface area contributed by atoms with E-state index in [0.29, 0.717) is 25.6 Å². The van der Waals surface area contributed by atoms with Gasteiger partial charge in [-0.2, -0.15) is 0 Å². The number of rotatable bonds is 4. The molecule has 0 N–H and O–H groups in total. The van der Waals surface area contributed by atoms with E-state index >= 15 is 0 Å². The highest BCUT2D eigenvalue weighted by Crippen LogP contribution is 2.35. The maximum Gasteiger partial charge on any atom is 0.410 e. The lowest BCUT2D eigenvalue weighted by Gasteiger charge is -2.46. The van der Waals surface area contributed by atoms with Gasteiger partial charge >= 0.3 is 6.09 Å². The number of hydrogen-bond donors (Lipinski definition) is 0. The fourth-order valence-corrected chi connectivity index (χ4v) is 3.52. The fourth-order valence-electron chi connectivity index (χ4n) is 3.52. The minimum absolute atomic E-state index is 0.122.